The lowest BCUT2D eigenvalue weighted by Crippen LogP contribution is -2.42. The molecule has 26 heavy (non-hydrogen) atoms. The van der Waals surface area contributed by atoms with Gasteiger partial charge < -0.3 is 15.0 Å². The number of piperidine rings is 1. The van der Waals surface area contributed by atoms with Crippen LogP contribution in [-0.4, -0.2) is 48.2 Å². The van der Waals surface area contributed by atoms with Crippen LogP contribution in [0.5, 0.6) is 0 Å². The van der Waals surface area contributed by atoms with Crippen LogP contribution < -0.4 is 10.2 Å². The molecule has 1 amide bonds. The fourth-order valence-corrected chi connectivity index (χ4v) is 4.91. The van der Waals surface area contributed by atoms with Crippen molar-refractivity contribution in [2.24, 2.45) is 5.92 Å². The smallest absolute Gasteiger partial charge is 0.223 e. The second-order valence-electron chi connectivity index (χ2n) is 7.30. The lowest BCUT2D eigenvalue weighted by molar-refractivity contribution is -0.126. The minimum atomic E-state index is 0.0929. The van der Waals surface area contributed by atoms with E-state index in [9.17, 15) is 4.79 Å². The van der Waals surface area contributed by atoms with Crippen molar-refractivity contribution in [2.45, 2.75) is 45.6 Å². The van der Waals surface area contributed by atoms with Crippen LogP contribution in [0.1, 0.15) is 36.1 Å². The first-order valence-corrected chi connectivity index (χ1v) is 10.3. The molecular weight excluding hydrogens is 348 g/mol. The number of rotatable bonds is 4. The highest BCUT2D eigenvalue weighted by molar-refractivity contribution is 7.18. The molecule has 1 atom stereocenters. The molecule has 2 saturated heterocycles. The van der Waals surface area contributed by atoms with E-state index in [4.69, 9.17) is 4.74 Å². The van der Waals surface area contributed by atoms with Crippen molar-refractivity contribution in [3.8, 4) is 0 Å². The predicted molar refractivity (Wildman–Crippen MR) is 104 cm³/mol. The van der Waals surface area contributed by atoms with Crippen LogP contribution in [0.25, 0.3) is 10.2 Å². The number of aromatic nitrogens is 2. The largest absolute Gasteiger partial charge is 0.376 e. The normalized spacial score (nSPS) is 21.5. The van der Waals surface area contributed by atoms with Crippen molar-refractivity contribution in [1.29, 1.82) is 0 Å². The summed E-state index contributed by atoms with van der Waals surface area (Å²) in [6.45, 7) is 7.48. The van der Waals surface area contributed by atoms with Gasteiger partial charge in [0.25, 0.3) is 0 Å². The highest BCUT2D eigenvalue weighted by atomic mass is 32.1. The second-order valence-corrected chi connectivity index (χ2v) is 8.51. The van der Waals surface area contributed by atoms with Crippen LogP contribution in [-0.2, 0) is 9.53 Å². The van der Waals surface area contributed by atoms with E-state index in [0.717, 1.165) is 56.0 Å². The molecule has 0 bridgehead atoms. The van der Waals surface area contributed by atoms with Crippen molar-refractivity contribution in [3.63, 3.8) is 0 Å². The standard InChI is InChI=1S/C19H26N4O2S/c1-12-13(2)26-19-16(12)17(21-11-22-19)23-7-5-14(6-8-23)18(24)20-10-15-4-3-9-25-15/h11,14-15H,3-10H2,1-2H3,(H,20,24)/t15-/m0/s1. The van der Waals surface area contributed by atoms with Crippen LogP contribution in [0.4, 0.5) is 5.82 Å². The number of carbonyl (C=O) groups excluding carboxylic acids is 1. The maximum absolute atomic E-state index is 12.5. The Morgan fingerprint density at radius 3 is 2.85 bits per heavy atom. The third-order valence-electron chi connectivity index (χ3n) is 5.64. The van der Waals surface area contributed by atoms with Crippen molar-refractivity contribution >= 4 is 33.3 Å². The van der Waals surface area contributed by atoms with Crippen LogP contribution >= 0.6 is 11.3 Å². The molecule has 140 valence electrons. The van der Waals surface area contributed by atoms with Crippen molar-refractivity contribution in [2.75, 3.05) is 31.1 Å². The molecule has 4 heterocycles. The summed E-state index contributed by atoms with van der Waals surface area (Å²) in [6, 6.07) is 0. The molecule has 0 saturated carbocycles. The molecule has 7 heteroatoms. The quantitative estimate of drug-likeness (QED) is 0.891. The number of anilines is 1. The summed E-state index contributed by atoms with van der Waals surface area (Å²) in [4.78, 5) is 26.1. The summed E-state index contributed by atoms with van der Waals surface area (Å²) in [7, 11) is 0. The van der Waals surface area contributed by atoms with Gasteiger partial charge in [0.2, 0.25) is 5.91 Å². The lowest BCUT2D eigenvalue weighted by atomic mass is 9.95. The number of thiophene rings is 1. The number of nitrogens with zero attached hydrogens (tertiary/aromatic N) is 3. The third-order valence-corrected chi connectivity index (χ3v) is 6.75. The molecule has 2 fully saturated rings. The molecule has 2 aromatic rings. The number of amides is 1. The van der Waals surface area contributed by atoms with Crippen LogP contribution in [0.2, 0.25) is 0 Å². The van der Waals surface area contributed by atoms with Crippen molar-refractivity contribution in [3.05, 3.63) is 16.8 Å². The summed E-state index contributed by atoms with van der Waals surface area (Å²) >= 11 is 1.73. The monoisotopic (exact) mass is 374 g/mol. The van der Waals surface area contributed by atoms with Gasteiger partial charge in [-0.3, -0.25) is 4.79 Å². The number of nitrogens with one attached hydrogen (secondary N) is 1. The van der Waals surface area contributed by atoms with E-state index in [1.54, 1.807) is 17.7 Å². The minimum Gasteiger partial charge on any atom is -0.376 e. The van der Waals surface area contributed by atoms with Gasteiger partial charge in [0.15, 0.2) is 0 Å². The van der Waals surface area contributed by atoms with Gasteiger partial charge in [-0.1, -0.05) is 0 Å². The highest BCUT2D eigenvalue weighted by Gasteiger charge is 2.28. The predicted octanol–water partition coefficient (Wildman–Crippen LogP) is 2.82. The summed E-state index contributed by atoms with van der Waals surface area (Å²) in [5.74, 6) is 1.29. The topological polar surface area (TPSA) is 67.4 Å². The Labute approximate surface area is 158 Å². The van der Waals surface area contributed by atoms with E-state index >= 15 is 0 Å². The molecule has 0 spiro atoms. The Bertz CT molecular complexity index is 792. The maximum Gasteiger partial charge on any atom is 0.223 e. The van der Waals surface area contributed by atoms with Crippen molar-refractivity contribution < 1.29 is 9.53 Å². The number of aryl methyl sites for hydroxylation is 2. The molecule has 2 aromatic heterocycles. The maximum atomic E-state index is 12.5. The SMILES string of the molecule is Cc1sc2ncnc(N3CCC(C(=O)NC[C@@H]4CCCO4)CC3)c2c1C. The minimum absolute atomic E-state index is 0.0929. The fraction of sp³-hybridized carbons (Fsp3) is 0.632. The number of carbonyl (C=O) groups is 1. The third kappa shape index (κ3) is 3.42. The van der Waals surface area contributed by atoms with E-state index < -0.39 is 0 Å². The summed E-state index contributed by atoms with van der Waals surface area (Å²) in [5.41, 5.74) is 1.28. The van der Waals surface area contributed by atoms with Gasteiger partial charge >= 0.3 is 0 Å². The Morgan fingerprint density at radius 1 is 1.31 bits per heavy atom. The zero-order valence-electron chi connectivity index (χ0n) is 15.5. The molecule has 2 aliphatic heterocycles. The first kappa shape index (κ1) is 17.7. The van der Waals surface area contributed by atoms with E-state index in [1.165, 1.54) is 15.8 Å². The number of fused-ring (bicyclic) bond motifs is 1. The second kappa shape index (κ2) is 7.48. The van der Waals surface area contributed by atoms with Gasteiger partial charge in [0.05, 0.1) is 11.5 Å². The summed E-state index contributed by atoms with van der Waals surface area (Å²) in [5, 5.41) is 4.26. The molecule has 0 aromatic carbocycles. The van der Waals surface area contributed by atoms with Crippen molar-refractivity contribution in [1.82, 2.24) is 15.3 Å². The van der Waals surface area contributed by atoms with E-state index in [2.05, 4.69) is 34.0 Å². The lowest BCUT2D eigenvalue weighted by Gasteiger charge is -2.32. The number of ether oxygens (including phenoxy) is 1. The fourth-order valence-electron chi connectivity index (χ4n) is 3.92. The first-order valence-electron chi connectivity index (χ1n) is 9.48. The average Bonchev–Trinajstić information content (AvgIpc) is 3.28. The summed E-state index contributed by atoms with van der Waals surface area (Å²) < 4.78 is 5.58. The van der Waals surface area contributed by atoms with Gasteiger partial charge in [-0.05, 0) is 45.1 Å². The molecule has 6 nitrogen and oxygen atoms in total. The van der Waals surface area contributed by atoms with Crippen LogP contribution in [0.15, 0.2) is 6.33 Å². The van der Waals surface area contributed by atoms with Crippen LogP contribution in [0, 0.1) is 19.8 Å². The Kier molecular flexibility index (Phi) is 5.09. The molecular formula is C19H26N4O2S. The van der Waals surface area contributed by atoms with Crippen LogP contribution in [0.3, 0.4) is 0 Å². The number of hydrogen-bond acceptors (Lipinski definition) is 6. The average molecular weight is 375 g/mol. The Hall–Kier alpha value is -1.73. The molecule has 0 radical (unpaired) electrons. The molecule has 0 unspecified atom stereocenters. The zero-order chi connectivity index (χ0) is 18.1. The van der Waals surface area contributed by atoms with E-state index in [-0.39, 0.29) is 17.9 Å². The Morgan fingerprint density at radius 2 is 2.12 bits per heavy atom. The van der Waals surface area contributed by atoms with E-state index in [1.807, 2.05) is 0 Å². The Balaban J connectivity index is 1.38. The van der Waals surface area contributed by atoms with Gasteiger partial charge in [-0.15, -0.1) is 11.3 Å². The molecule has 2 aliphatic rings. The molecule has 4 rings (SSSR count). The summed E-state index contributed by atoms with van der Waals surface area (Å²) in [6.07, 6.45) is 5.76. The highest BCUT2D eigenvalue weighted by Crippen LogP contribution is 2.35. The molecule has 0 aliphatic carbocycles. The van der Waals surface area contributed by atoms with Gasteiger partial charge in [-0.25, -0.2) is 9.97 Å². The number of hydrogen-bond donors (Lipinski definition) is 1. The zero-order valence-corrected chi connectivity index (χ0v) is 16.3. The van der Waals surface area contributed by atoms with Gasteiger partial charge in [0.1, 0.15) is 17.0 Å². The molecule has 1 N–H and O–H groups in total. The van der Waals surface area contributed by atoms with Gasteiger partial charge in [-0.2, -0.15) is 0 Å². The van der Waals surface area contributed by atoms with Gasteiger partial charge in [0, 0.05) is 37.0 Å². The first-order chi connectivity index (χ1) is 12.6. The van der Waals surface area contributed by atoms with E-state index in [0.29, 0.717) is 6.54 Å².